The first-order chi connectivity index (χ1) is 14.3. The number of benzene rings is 1. The second kappa shape index (κ2) is 12.0. The van der Waals surface area contributed by atoms with E-state index in [0.717, 1.165) is 71.3 Å². The van der Waals surface area contributed by atoms with Crippen LogP contribution in [0.1, 0.15) is 43.7 Å². The SMILES string of the molecule is CCNC(=NCc1ccc2c(c1)CCCN2C)NCCCOCC1CCOCC1. The number of aryl methyl sites for hydroxylation is 1. The van der Waals surface area contributed by atoms with Gasteiger partial charge in [0.25, 0.3) is 0 Å². The van der Waals surface area contributed by atoms with Gasteiger partial charge in [-0.3, -0.25) is 0 Å². The van der Waals surface area contributed by atoms with Crippen molar-refractivity contribution in [2.24, 2.45) is 10.9 Å². The van der Waals surface area contributed by atoms with E-state index >= 15 is 0 Å². The van der Waals surface area contributed by atoms with Crippen LogP contribution in [-0.4, -0.2) is 59.1 Å². The highest BCUT2D eigenvalue weighted by Gasteiger charge is 2.14. The highest BCUT2D eigenvalue weighted by atomic mass is 16.5. The minimum Gasteiger partial charge on any atom is -0.381 e. The van der Waals surface area contributed by atoms with E-state index in [1.54, 1.807) is 0 Å². The molecular formula is C23H38N4O2. The Bertz CT molecular complexity index is 644. The van der Waals surface area contributed by atoms with E-state index in [4.69, 9.17) is 14.5 Å². The van der Waals surface area contributed by atoms with Gasteiger partial charge >= 0.3 is 0 Å². The fourth-order valence-corrected chi connectivity index (χ4v) is 3.99. The molecule has 0 unspecified atom stereocenters. The number of aliphatic imine (C=N–C) groups is 1. The van der Waals surface area contributed by atoms with Crippen LogP contribution in [0.25, 0.3) is 0 Å². The van der Waals surface area contributed by atoms with E-state index in [1.807, 2.05) is 0 Å². The topological polar surface area (TPSA) is 58.1 Å². The van der Waals surface area contributed by atoms with Gasteiger partial charge in [-0.05, 0) is 62.1 Å². The van der Waals surface area contributed by atoms with Gasteiger partial charge in [0, 0.05) is 58.8 Å². The summed E-state index contributed by atoms with van der Waals surface area (Å²) in [7, 11) is 2.18. The number of hydrogen-bond acceptors (Lipinski definition) is 4. The summed E-state index contributed by atoms with van der Waals surface area (Å²) in [6, 6.07) is 6.77. The van der Waals surface area contributed by atoms with Gasteiger partial charge in [-0.1, -0.05) is 12.1 Å². The Morgan fingerprint density at radius 3 is 2.97 bits per heavy atom. The first kappa shape index (κ1) is 21.9. The lowest BCUT2D eigenvalue weighted by Crippen LogP contribution is -2.38. The molecule has 1 saturated heterocycles. The maximum absolute atomic E-state index is 5.85. The Balaban J connectivity index is 1.39. The molecule has 0 atom stereocenters. The van der Waals surface area contributed by atoms with Crippen LogP contribution in [-0.2, 0) is 22.4 Å². The first-order valence-electron chi connectivity index (χ1n) is 11.3. The largest absolute Gasteiger partial charge is 0.381 e. The molecule has 0 bridgehead atoms. The van der Waals surface area contributed by atoms with Crippen molar-refractivity contribution in [3.8, 4) is 0 Å². The molecule has 2 aliphatic heterocycles. The lowest BCUT2D eigenvalue weighted by molar-refractivity contribution is 0.0203. The van der Waals surface area contributed by atoms with Gasteiger partial charge < -0.3 is 25.0 Å². The van der Waals surface area contributed by atoms with Gasteiger partial charge in [0.2, 0.25) is 0 Å². The van der Waals surface area contributed by atoms with E-state index < -0.39 is 0 Å². The van der Waals surface area contributed by atoms with Gasteiger partial charge in [0.05, 0.1) is 6.54 Å². The summed E-state index contributed by atoms with van der Waals surface area (Å²) >= 11 is 0. The summed E-state index contributed by atoms with van der Waals surface area (Å²) < 4.78 is 11.2. The Kier molecular flexibility index (Phi) is 9.09. The van der Waals surface area contributed by atoms with E-state index in [2.05, 4.69) is 47.7 Å². The molecular weight excluding hydrogens is 364 g/mol. The molecule has 0 amide bonds. The summed E-state index contributed by atoms with van der Waals surface area (Å²) in [5.41, 5.74) is 4.09. The normalized spacial score (nSPS) is 17.9. The highest BCUT2D eigenvalue weighted by molar-refractivity contribution is 5.79. The van der Waals surface area contributed by atoms with Crippen LogP contribution < -0.4 is 15.5 Å². The third-order valence-corrected chi connectivity index (χ3v) is 5.71. The Labute approximate surface area is 176 Å². The van der Waals surface area contributed by atoms with Gasteiger partial charge in [0.15, 0.2) is 5.96 Å². The fourth-order valence-electron chi connectivity index (χ4n) is 3.99. The zero-order chi connectivity index (χ0) is 20.3. The van der Waals surface area contributed by atoms with E-state index in [9.17, 15) is 0 Å². The van der Waals surface area contributed by atoms with Crippen LogP contribution in [0.2, 0.25) is 0 Å². The van der Waals surface area contributed by atoms with Gasteiger partial charge in [-0.2, -0.15) is 0 Å². The predicted molar refractivity (Wildman–Crippen MR) is 120 cm³/mol. The minimum absolute atomic E-state index is 0.673. The summed E-state index contributed by atoms with van der Waals surface area (Å²) in [6.45, 7) is 9.12. The molecule has 0 spiro atoms. The third-order valence-electron chi connectivity index (χ3n) is 5.71. The number of nitrogens with one attached hydrogen (secondary N) is 2. The van der Waals surface area contributed by atoms with E-state index in [-0.39, 0.29) is 0 Å². The average Bonchev–Trinajstić information content (AvgIpc) is 2.75. The lowest BCUT2D eigenvalue weighted by atomic mass is 10.00. The number of anilines is 1. The van der Waals surface area contributed by atoms with Gasteiger partial charge in [-0.15, -0.1) is 0 Å². The number of hydrogen-bond donors (Lipinski definition) is 2. The zero-order valence-electron chi connectivity index (χ0n) is 18.2. The summed E-state index contributed by atoms with van der Waals surface area (Å²) in [6.07, 6.45) is 5.65. The quantitative estimate of drug-likeness (QED) is 0.378. The van der Waals surface area contributed by atoms with Crippen LogP contribution in [0.3, 0.4) is 0 Å². The molecule has 6 heteroatoms. The lowest BCUT2D eigenvalue weighted by Gasteiger charge is -2.27. The second-order valence-corrected chi connectivity index (χ2v) is 8.09. The minimum atomic E-state index is 0.673. The molecule has 0 radical (unpaired) electrons. The Morgan fingerprint density at radius 1 is 1.28 bits per heavy atom. The molecule has 0 aromatic heterocycles. The van der Waals surface area contributed by atoms with Crippen molar-refractivity contribution in [3.05, 3.63) is 29.3 Å². The van der Waals surface area contributed by atoms with Crippen LogP contribution in [0, 0.1) is 5.92 Å². The maximum Gasteiger partial charge on any atom is 0.191 e. The molecule has 0 saturated carbocycles. The van der Waals surface area contributed by atoms with Crippen LogP contribution >= 0.6 is 0 Å². The molecule has 2 heterocycles. The molecule has 3 rings (SSSR count). The van der Waals surface area contributed by atoms with Gasteiger partial charge in [-0.25, -0.2) is 4.99 Å². The Hall–Kier alpha value is -1.79. The van der Waals surface area contributed by atoms with Crippen LogP contribution in [0.4, 0.5) is 5.69 Å². The monoisotopic (exact) mass is 402 g/mol. The zero-order valence-corrected chi connectivity index (χ0v) is 18.2. The van der Waals surface area contributed by atoms with Crippen molar-refractivity contribution >= 4 is 11.6 Å². The first-order valence-corrected chi connectivity index (χ1v) is 11.3. The number of nitrogens with zero attached hydrogens (tertiary/aromatic N) is 2. The molecule has 2 aliphatic rings. The average molecular weight is 403 g/mol. The highest BCUT2D eigenvalue weighted by Crippen LogP contribution is 2.27. The predicted octanol–water partition coefficient (Wildman–Crippen LogP) is 2.96. The van der Waals surface area contributed by atoms with Crippen molar-refractivity contribution in [1.29, 1.82) is 0 Å². The molecule has 1 aromatic rings. The van der Waals surface area contributed by atoms with Crippen LogP contribution in [0.15, 0.2) is 23.2 Å². The third kappa shape index (κ3) is 7.19. The van der Waals surface area contributed by atoms with Crippen molar-refractivity contribution in [2.75, 3.05) is 58.0 Å². The Morgan fingerprint density at radius 2 is 2.14 bits per heavy atom. The second-order valence-electron chi connectivity index (χ2n) is 8.09. The summed E-state index contributed by atoms with van der Waals surface area (Å²) in [5.74, 6) is 1.55. The number of rotatable bonds is 9. The molecule has 0 aliphatic carbocycles. The number of guanidine groups is 1. The van der Waals surface area contributed by atoms with E-state index in [1.165, 1.54) is 29.7 Å². The molecule has 1 fully saturated rings. The van der Waals surface area contributed by atoms with E-state index in [0.29, 0.717) is 12.5 Å². The van der Waals surface area contributed by atoms with Crippen molar-refractivity contribution in [1.82, 2.24) is 10.6 Å². The number of ether oxygens (including phenoxy) is 2. The van der Waals surface area contributed by atoms with Gasteiger partial charge in [0.1, 0.15) is 0 Å². The fraction of sp³-hybridized carbons (Fsp3) is 0.696. The molecule has 2 N–H and O–H groups in total. The summed E-state index contributed by atoms with van der Waals surface area (Å²) in [5, 5.41) is 6.77. The molecule has 29 heavy (non-hydrogen) atoms. The van der Waals surface area contributed by atoms with Crippen molar-refractivity contribution in [3.63, 3.8) is 0 Å². The molecule has 1 aromatic carbocycles. The van der Waals surface area contributed by atoms with Crippen molar-refractivity contribution < 1.29 is 9.47 Å². The smallest absolute Gasteiger partial charge is 0.191 e. The molecule has 162 valence electrons. The maximum atomic E-state index is 5.85. The standard InChI is InChI=1S/C23H38N4O2/c1-3-24-23(25-11-5-13-29-18-19-9-14-28-15-10-19)26-17-20-7-8-22-21(16-20)6-4-12-27(22)2/h7-8,16,19H,3-6,9-15,17-18H2,1-2H3,(H2,24,25,26). The summed E-state index contributed by atoms with van der Waals surface area (Å²) in [4.78, 5) is 7.12. The number of fused-ring (bicyclic) bond motifs is 1. The molecule has 6 nitrogen and oxygen atoms in total. The van der Waals surface area contributed by atoms with Crippen molar-refractivity contribution in [2.45, 2.75) is 45.6 Å². The van der Waals surface area contributed by atoms with Crippen LogP contribution in [0.5, 0.6) is 0 Å².